The van der Waals surface area contributed by atoms with Crippen LogP contribution in [-0.2, 0) is 11.2 Å². The molecule has 0 saturated carbocycles. The van der Waals surface area contributed by atoms with Crippen LogP contribution < -0.4 is 20.3 Å². The number of rotatable bonds is 5. The lowest BCUT2D eigenvalue weighted by molar-refractivity contribution is 0.0503. The van der Waals surface area contributed by atoms with E-state index >= 15 is 0 Å². The number of hydrogen-bond acceptors (Lipinski definition) is 5. The lowest BCUT2D eigenvalue weighted by atomic mass is 9.97. The molecule has 2 aromatic carbocycles. The van der Waals surface area contributed by atoms with Crippen LogP contribution in [0.2, 0.25) is 0 Å². The van der Waals surface area contributed by atoms with Crippen LogP contribution >= 0.6 is 12.2 Å². The SMILES string of the molecule is CC1Oc2ccc(C(Cc3ccc(N(C)C)cc3)NC(=O)OC(C)(C)C)cc2NC1=S. The number of alkyl carbamates (subject to hydrolysis) is 1. The summed E-state index contributed by atoms with van der Waals surface area (Å²) in [7, 11) is 4.02. The third-order valence-electron chi connectivity index (χ3n) is 4.92. The van der Waals surface area contributed by atoms with Crippen molar-refractivity contribution in [2.24, 2.45) is 0 Å². The van der Waals surface area contributed by atoms with Crippen LogP contribution in [-0.4, -0.2) is 36.9 Å². The highest BCUT2D eigenvalue weighted by Crippen LogP contribution is 2.33. The molecule has 166 valence electrons. The van der Waals surface area contributed by atoms with Gasteiger partial charge in [-0.25, -0.2) is 4.79 Å². The second kappa shape index (κ2) is 9.14. The maximum atomic E-state index is 12.6. The number of carbonyl (C=O) groups excluding carboxylic acids is 1. The van der Waals surface area contributed by atoms with Crippen LogP contribution in [0, 0.1) is 0 Å². The number of anilines is 2. The first-order chi connectivity index (χ1) is 14.5. The van der Waals surface area contributed by atoms with Crippen LogP contribution in [0.4, 0.5) is 16.2 Å². The zero-order valence-corrected chi connectivity index (χ0v) is 19.8. The van der Waals surface area contributed by atoms with E-state index in [0.29, 0.717) is 11.4 Å². The van der Waals surface area contributed by atoms with Crippen molar-refractivity contribution < 1.29 is 14.3 Å². The molecule has 1 aliphatic heterocycles. The van der Waals surface area contributed by atoms with Gasteiger partial charge in [0.25, 0.3) is 0 Å². The molecule has 0 fully saturated rings. The van der Waals surface area contributed by atoms with Crippen molar-refractivity contribution in [3.63, 3.8) is 0 Å². The number of fused-ring (bicyclic) bond motifs is 1. The van der Waals surface area contributed by atoms with Crippen molar-refractivity contribution in [1.29, 1.82) is 0 Å². The third kappa shape index (κ3) is 6.10. The lowest BCUT2D eigenvalue weighted by Crippen LogP contribution is -2.36. The van der Waals surface area contributed by atoms with Crippen LogP contribution in [0.3, 0.4) is 0 Å². The average molecular weight is 442 g/mol. The second-order valence-corrected chi connectivity index (χ2v) is 9.41. The van der Waals surface area contributed by atoms with Gasteiger partial charge >= 0.3 is 6.09 Å². The molecule has 2 unspecified atom stereocenters. The van der Waals surface area contributed by atoms with Crippen LogP contribution in [0.15, 0.2) is 42.5 Å². The molecule has 0 bridgehead atoms. The molecular formula is C24H31N3O3S. The molecule has 31 heavy (non-hydrogen) atoms. The van der Waals surface area contributed by atoms with Crippen LogP contribution in [0.5, 0.6) is 5.75 Å². The van der Waals surface area contributed by atoms with E-state index in [4.69, 9.17) is 21.7 Å². The van der Waals surface area contributed by atoms with Gasteiger partial charge in [-0.05, 0) is 69.5 Å². The standard InChI is InChI=1S/C24H31N3O3S/c1-15-22(31)25-20-14-17(9-12-21(20)29-15)19(26-23(28)30-24(2,3)4)13-16-7-10-18(11-8-16)27(5)6/h7-12,14-15,19H,13H2,1-6H3,(H,25,31)(H,26,28). The van der Waals surface area contributed by atoms with Crippen molar-refractivity contribution in [1.82, 2.24) is 5.32 Å². The summed E-state index contributed by atoms with van der Waals surface area (Å²) in [6.45, 7) is 7.47. The summed E-state index contributed by atoms with van der Waals surface area (Å²) in [5.74, 6) is 0.746. The zero-order valence-electron chi connectivity index (χ0n) is 19.0. The van der Waals surface area contributed by atoms with Gasteiger partial charge in [-0.2, -0.15) is 0 Å². The molecule has 0 saturated heterocycles. The first-order valence-electron chi connectivity index (χ1n) is 10.4. The van der Waals surface area contributed by atoms with E-state index in [1.165, 1.54) is 0 Å². The van der Waals surface area contributed by atoms with Gasteiger partial charge in [0.15, 0.2) is 0 Å². The summed E-state index contributed by atoms with van der Waals surface area (Å²) in [5, 5.41) is 6.27. The highest BCUT2D eigenvalue weighted by atomic mass is 32.1. The Balaban J connectivity index is 1.87. The summed E-state index contributed by atoms with van der Waals surface area (Å²) in [5.41, 5.74) is 3.40. The number of carbonyl (C=O) groups is 1. The maximum Gasteiger partial charge on any atom is 0.408 e. The number of nitrogens with one attached hydrogen (secondary N) is 2. The number of ether oxygens (including phenoxy) is 2. The van der Waals surface area contributed by atoms with Crippen LogP contribution in [0.25, 0.3) is 0 Å². The Hall–Kier alpha value is -2.80. The Morgan fingerprint density at radius 3 is 2.52 bits per heavy atom. The normalized spacial score (nSPS) is 16.5. The van der Waals surface area contributed by atoms with Crippen molar-refractivity contribution in [3.05, 3.63) is 53.6 Å². The number of nitrogens with zero attached hydrogens (tertiary/aromatic N) is 1. The highest BCUT2D eigenvalue weighted by molar-refractivity contribution is 7.80. The molecule has 0 aromatic heterocycles. The topological polar surface area (TPSA) is 62.8 Å². The summed E-state index contributed by atoms with van der Waals surface area (Å²) in [6.07, 6.45) is 0.000655. The van der Waals surface area contributed by atoms with Crippen molar-refractivity contribution >= 4 is 34.7 Å². The molecule has 2 N–H and O–H groups in total. The third-order valence-corrected chi connectivity index (χ3v) is 5.35. The summed E-state index contributed by atoms with van der Waals surface area (Å²) >= 11 is 5.35. The van der Waals surface area contributed by atoms with Gasteiger partial charge in [-0.1, -0.05) is 30.4 Å². The van der Waals surface area contributed by atoms with Gasteiger partial charge in [0.1, 0.15) is 22.4 Å². The molecule has 0 spiro atoms. The maximum absolute atomic E-state index is 12.6. The fraction of sp³-hybridized carbons (Fsp3) is 0.417. The molecule has 0 aliphatic carbocycles. The number of hydrogen-bond donors (Lipinski definition) is 2. The smallest absolute Gasteiger partial charge is 0.408 e. The molecule has 7 heteroatoms. The van der Waals surface area contributed by atoms with Crippen molar-refractivity contribution in [2.75, 3.05) is 24.3 Å². The Bertz CT molecular complexity index is 952. The number of amides is 1. The molecule has 3 rings (SSSR count). The van der Waals surface area contributed by atoms with E-state index in [1.54, 1.807) is 0 Å². The molecule has 1 heterocycles. The predicted octanol–water partition coefficient (Wildman–Crippen LogP) is 5.08. The molecule has 0 radical (unpaired) electrons. The van der Waals surface area contributed by atoms with E-state index in [0.717, 1.165) is 28.3 Å². The van der Waals surface area contributed by atoms with Gasteiger partial charge in [-0.3, -0.25) is 0 Å². The quantitative estimate of drug-likeness (QED) is 0.631. The van der Waals surface area contributed by atoms with E-state index in [1.807, 2.05) is 60.0 Å². The molecular weight excluding hydrogens is 410 g/mol. The zero-order chi connectivity index (χ0) is 22.8. The molecule has 6 nitrogen and oxygen atoms in total. The monoisotopic (exact) mass is 441 g/mol. The van der Waals surface area contributed by atoms with Crippen molar-refractivity contribution in [3.8, 4) is 5.75 Å². The Morgan fingerprint density at radius 1 is 1.23 bits per heavy atom. The van der Waals surface area contributed by atoms with Gasteiger partial charge in [0.2, 0.25) is 0 Å². The van der Waals surface area contributed by atoms with E-state index in [2.05, 4.69) is 39.8 Å². The number of thiocarbonyl (C=S) groups is 1. The minimum atomic E-state index is -0.574. The predicted molar refractivity (Wildman–Crippen MR) is 129 cm³/mol. The molecule has 1 amide bonds. The molecule has 2 atom stereocenters. The van der Waals surface area contributed by atoms with Crippen molar-refractivity contribution in [2.45, 2.75) is 51.9 Å². The Morgan fingerprint density at radius 2 is 1.90 bits per heavy atom. The van der Waals surface area contributed by atoms with E-state index in [9.17, 15) is 4.79 Å². The largest absolute Gasteiger partial charge is 0.481 e. The van der Waals surface area contributed by atoms with Crippen LogP contribution in [0.1, 0.15) is 44.9 Å². The van der Waals surface area contributed by atoms with E-state index < -0.39 is 11.7 Å². The summed E-state index contributed by atoms with van der Waals surface area (Å²) in [6, 6.07) is 13.9. The van der Waals surface area contributed by atoms with Gasteiger partial charge < -0.3 is 25.0 Å². The van der Waals surface area contributed by atoms with E-state index in [-0.39, 0.29) is 12.1 Å². The first-order valence-corrected chi connectivity index (χ1v) is 10.8. The minimum Gasteiger partial charge on any atom is -0.481 e. The summed E-state index contributed by atoms with van der Waals surface area (Å²) < 4.78 is 11.4. The summed E-state index contributed by atoms with van der Waals surface area (Å²) in [4.78, 5) is 15.3. The Labute approximate surface area is 189 Å². The Kier molecular flexibility index (Phi) is 6.74. The highest BCUT2D eigenvalue weighted by Gasteiger charge is 2.24. The fourth-order valence-electron chi connectivity index (χ4n) is 3.31. The van der Waals surface area contributed by atoms with Gasteiger partial charge in [0, 0.05) is 19.8 Å². The minimum absolute atomic E-state index is 0.167. The fourth-order valence-corrected chi connectivity index (χ4v) is 3.47. The van der Waals surface area contributed by atoms with Gasteiger partial charge in [0.05, 0.1) is 11.7 Å². The lowest BCUT2D eigenvalue weighted by Gasteiger charge is -2.28. The molecule has 1 aliphatic rings. The first kappa shape index (κ1) is 22.9. The molecule has 2 aromatic rings. The van der Waals surface area contributed by atoms with Gasteiger partial charge in [-0.15, -0.1) is 0 Å². The second-order valence-electron chi connectivity index (χ2n) is 8.97. The number of benzene rings is 2. The average Bonchev–Trinajstić information content (AvgIpc) is 2.67.